The number of rotatable bonds is 6. The average Bonchev–Trinajstić information content (AvgIpc) is 2.28. The van der Waals surface area contributed by atoms with E-state index in [0.717, 1.165) is 0 Å². The Morgan fingerprint density at radius 1 is 1.28 bits per heavy atom. The quantitative estimate of drug-likeness (QED) is 0.587. The minimum Gasteiger partial charge on any atom is -0.478 e. The fourth-order valence-corrected chi connectivity index (χ4v) is 1.28. The number of carboxylic acid groups (broad SMARTS) is 1. The van der Waals surface area contributed by atoms with E-state index in [2.05, 4.69) is 4.84 Å². The van der Waals surface area contributed by atoms with Gasteiger partial charge in [-0.3, -0.25) is 14.4 Å². The number of hydrogen-bond acceptors (Lipinski definition) is 4. The molecule has 96 valence electrons. The molecule has 0 bridgehead atoms. The molecule has 4 N–H and O–H groups in total. The molecule has 0 saturated carbocycles. The van der Waals surface area contributed by atoms with Crippen LogP contribution >= 0.6 is 0 Å². The number of amides is 2. The SMILES string of the molecule is NC(=O)CONC(=O)Cc1ccccc1C(=O)O. The Morgan fingerprint density at radius 3 is 2.56 bits per heavy atom. The number of hydroxylamine groups is 1. The van der Waals surface area contributed by atoms with Gasteiger partial charge in [-0.1, -0.05) is 18.2 Å². The summed E-state index contributed by atoms with van der Waals surface area (Å²) in [7, 11) is 0. The maximum atomic E-state index is 11.4. The van der Waals surface area contributed by atoms with Crippen molar-refractivity contribution >= 4 is 17.8 Å². The molecule has 0 aromatic heterocycles. The van der Waals surface area contributed by atoms with Crippen molar-refractivity contribution in [1.29, 1.82) is 0 Å². The standard InChI is InChI=1S/C11H12N2O5/c12-9(14)6-18-13-10(15)5-7-3-1-2-4-8(7)11(16)17/h1-4H,5-6H2,(H2,12,14)(H,13,15)(H,16,17). The summed E-state index contributed by atoms with van der Waals surface area (Å²) in [5, 5.41) is 8.90. The number of carbonyl (C=O) groups excluding carboxylic acids is 2. The van der Waals surface area contributed by atoms with Crippen LogP contribution in [0.2, 0.25) is 0 Å². The van der Waals surface area contributed by atoms with E-state index in [1.165, 1.54) is 12.1 Å². The number of hydrogen-bond donors (Lipinski definition) is 3. The number of nitrogens with one attached hydrogen (secondary N) is 1. The Morgan fingerprint density at radius 2 is 1.94 bits per heavy atom. The van der Waals surface area contributed by atoms with E-state index in [1.54, 1.807) is 12.1 Å². The fraction of sp³-hybridized carbons (Fsp3) is 0.182. The first-order valence-electron chi connectivity index (χ1n) is 5.01. The van der Waals surface area contributed by atoms with Gasteiger partial charge in [0.05, 0.1) is 12.0 Å². The van der Waals surface area contributed by atoms with Crippen LogP contribution in [-0.4, -0.2) is 29.5 Å². The van der Waals surface area contributed by atoms with Crippen LogP contribution in [0.1, 0.15) is 15.9 Å². The van der Waals surface area contributed by atoms with Crippen molar-refractivity contribution in [2.45, 2.75) is 6.42 Å². The molecule has 0 unspecified atom stereocenters. The summed E-state index contributed by atoms with van der Waals surface area (Å²) in [6, 6.07) is 6.11. The highest BCUT2D eigenvalue weighted by atomic mass is 16.7. The van der Waals surface area contributed by atoms with Gasteiger partial charge in [-0.05, 0) is 11.6 Å². The van der Waals surface area contributed by atoms with Gasteiger partial charge in [0.2, 0.25) is 11.8 Å². The van der Waals surface area contributed by atoms with Crippen molar-refractivity contribution in [3.63, 3.8) is 0 Å². The van der Waals surface area contributed by atoms with Crippen molar-refractivity contribution in [2.75, 3.05) is 6.61 Å². The van der Waals surface area contributed by atoms with E-state index < -0.39 is 24.4 Å². The van der Waals surface area contributed by atoms with Crippen molar-refractivity contribution in [3.05, 3.63) is 35.4 Å². The van der Waals surface area contributed by atoms with Gasteiger partial charge in [-0.25, -0.2) is 10.3 Å². The molecule has 0 radical (unpaired) electrons. The molecule has 0 saturated heterocycles. The fourth-order valence-electron chi connectivity index (χ4n) is 1.28. The molecule has 7 nitrogen and oxygen atoms in total. The topological polar surface area (TPSA) is 119 Å². The van der Waals surface area contributed by atoms with Crippen molar-refractivity contribution in [3.8, 4) is 0 Å². The normalized spacial score (nSPS) is 9.78. The van der Waals surface area contributed by atoms with Gasteiger partial charge in [-0.15, -0.1) is 0 Å². The van der Waals surface area contributed by atoms with Crippen LogP contribution < -0.4 is 11.2 Å². The zero-order valence-corrected chi connectivity index (χ0v) is 9.38. The molecule has 0 aliphatic rings. The van der Waals surface area contributed by atoms with Crippen LogP contribution in [0.4, 0.5) is 0 Å². The van der Waals surface area contributed by atoms with Crippen LogP contribution in [0.3, 0.4) is 0 Å². The van der Waals surface area contributed by atoms with Gasteiger partial charge in [0, 0.05) is 0 Å². The highest BCUT2D eigenvalue weighted by Crippen LogP contribution is 2.09. The summed E-state index contributed by atoms with van der Waals surface area (Å²) >= 11 is 0. The second-order valence-electron chi connectivity index (χ2n) is 3.42. The van der Waals surface area contributed by atoms with E-state index in [4.69, 9.17) is 10.8 Å². The van der Waals surface area contributed by atoms with Gasteiger partial charge in [0.1, 0.15) is 0 Å². The van der Waals surface area contributed by atoms with Crippen LogP contribution in [-0.2, 0) is 20.8 Å². The van der Waals surface area contributed by atoms with Crippen LogP contribution in [0.15, 0.2) is 24.3 Å². The average molecular weight is 252 g/mol. The van der Waals surface area contributed by atoms with Crippen LogP contribution in [0.25, 0.3) is 0 Å². The third-order valence-electron chi connectivity index (χ3n) is 2.00. The highest BCUT2D eigenvalue weighted by Gasteiger charge is 2.12. The second-order valence-corrected chi connectivity index (χ2v) is 3.42. The summed E-state index contributed by atoms with van der Waals surface area (Å²) < 4.78 is 0. The molecule has 0 atom stereocenters. The lowest BCUT2D eigenvalue weighted by Gasteiger charge is -2.06. The zero-order chi connectivity index (χ0) is 13.5. The molecule has 1 aromatic rings. The monoisotopic (exact) mass is 252 g/mol. The van der Waals surface area contributed by atoms with E-state index in [-0.39, 0.29) is 12.0 Å². The Balaban J connectivity index is 2.59. The molecule has 0 aliphatic carbocycles. The van der Waals surface area contributed by atoms with E-state index in [1.807, 2.05) is 5.48 Å². The lowest BCUT2D eigenvalue weighted by molar-refractivity contribution is -0.137. The van der Waals surface area contributed by atoms with Crippen molar-refractivity contribution < 1.29 is 24.3 Å². The maximum Gasteiger partial charge on any atom is 0.335 e. The molecule has 18 heavy (non-hydrogen) atoms. The third kappa shape index (κ3) is 4.22. The largest absolute Gasteiger partial charge is 0.478 e. The first-order chi connectivity index (χ1) is 8.50. The molecular weight excluding hydrogens is 240 g/mol. The molecule has 1 aromatic carbocycles. The van der Waals surface area contributed by atoms with Crippen molar-refractivity contribution in [2.24, 2.45) is 5.73 Å². The summed E-state index contributed by atoms with van der Waals surface area (Å²) in [4.78, 5) is 37.1. The summed E-state index contributed by atoms with van der Waals surface area (Å²) in [6.45, 7) is -0.438. The number of benzene rings is 1. The van der Waals surface area contributed by atoms with Gasteiger partial charge in [0.25, 0.3) is 0 Å². The lowest BCUT2D eigenvalue weighted by Crippen LogP contribution is -2.30. The predicted octanol–water partition coefficient (Wildman–Crippen LogP) is -0.540. The predicted molar refractivity (Wildman–Crippen MR) is 60.4 cm³/mol. The Hall–Kier alpha value is -2.41. The van der Waals surface area contributed by atoms with Crippen LogP contribution in [0, 0.1) is 0 Å². The molecule has 0 spiro atoms. The van der Waals surface area contributed by atoms with Gasteiger partial charge >= 0.3 is 5.97 Å². The number of aromatic carboxylic acids is 1. The lowest BCUT2D eigenvalue weighted by atomic mass is 10.0. The number of nitrogens with two attached hydrogens (primary N) is 1. The third-order valence-corrected chi connectivity index (χ3v) is 2.00. The minimum atomic E-state index is -1.11. The second kappa shape index (κ2) is 6.36. The number of carbonyl (C=O) groups is 3. The van der Waals surface area contributed by atoms with Crippen LogP contribution in [0.5, 0.6) is 0 Å². The van der Waals surface area contributed by atoms with Gasteiger partial charge in [-0.2, -0.15) is 0 Å². The first kappa shape index (κ1) is 13.7. The Kier molecular flexibility index (Phi) is 4.82. The molecule has 1 rings (SSSR count). The first-order valence-corrected chi connectivity index (χ1v) is 5.01. The zero-order valence-electron chi connectivity index (χ0n) is 9.38. The van der Waals surface area contributed by atoms with E-state index in [9.17, 15) is 14.4 Å². The molecule has 2 amide bonds. The molecule has 0 heterocycles. The number of carboxylic acids is 1. The summed E-state index contributed by atoms with van der Waals surface area (Å²) in [5.41, 5.74) is 7.19. The Labute approximate surface area is 102 Å². The molecule has 0 aliphatic heterocycles. The van der Waals surface area contributed by atoms with E-state index in [0.29, 0.717) is 5.56 Å². The van der Waals surface area contributed by atoms with Gasteiger partial charge < -0.3 is 10.8 Å². The highest BCUT2D eigenvalue weighted by molar-refractivity contribution is 5.91. The molecule has 7 heteroatoms. The number of primary amides is 1. The summed E-state index contributed by atoms with van der Waals surface area (Å²) in [5.74, 6) is -2.40. The smallest absolute Gasteiger partial charge is 0.335 e. The molecule has 0 fully saturated rings. The maximum absolute atomic E-state index is 11.4. The molecular formula is C11H12N2O5. The van der Waals surface area contributed by atoms with Gasteiger partial charge in [0.15, 0.2) is 6.61 Å². The van der Waals surface area contributed by atoms with Crippen molar-refractivity contribution in [1.82, 2.24) is 5.48 Å². The Bertz CT molecular complexity index is 472. The minimum absolute atomic E-state index is 0.0440. The van der Waals surface area contributed by atoms with E-state index >= 15 is 0 Å². The summed E-state index contributed by atoms with van der Waals surface area (Å²) in [6.07, 6.45) is -0.165.